The summed E-state index contributed by atoms with van der Waals surface area (Å²) in [6.45, 7) is 5.19. The third-order valence-electron chi connectivity index (χ3n) is 4.96. The lowest BCUT2D eigenvalue weighted by Gasteiger charge is -2.26. The third-order valence-corrected chi connectivity index (χ3v) is 4.96. The van der Waals surface area contributed by atoms with Crippen LogP contribution in [0.3, 0.4) is 0 Å². The summed E-state index contributed by atoms with van der Waals surface area (Å²) >= 11 is 0. The molecule has 140 valence electrons. The Morgan fingerprint density at radius 2 is 1.58 bits per heavy atom. The lowest BCUT2D eigenvalue weighted by atomic mass is 10.0. The van der Waals surface area contributed by atoms with Crippen molar-refractivity contribution in [2.45, 2.75) is 110 Å². The standard InChI is InChI=1S/C21H41N3/c1-3-4-5-6-7-8-9-10-11-12-13-14-15-16-17-21-23-18-19-24(21)20(2)22/h4-5,18,20-21H,3,6-17,19,22H2,1-2H3/b5-4+. The fourth-order valence-electron chi connectivity index (χ4n) is 3.44. The van der Waals surface area contributed by atoms with Crippen molar-refractivity contribution in [1.29, 1.82) is 0 Å². The van der Waals surface area contributed by atoms with Crippen LogP contribution in [0.1, 0.15) is 97.3 Å². The highest BCUT2D eigenvalue weighted by molar-refractivity contribution is 5.62. The van der Waals surface area contributed by atoms with Crippen LogP contribution in [0.5, 0.6) is 0 Å². The molecule has 0 aromatic heterocycles. The van der Waals surface area contributed by atoms with Gasteiger partial charge in [0, 0.05) is 12.8 Å². The minimum Gasteiger partial charge on any atom is -0.316 e. The van der Waals surface area contributed by atoms with Crippen molar-refractivity contribution in [3.05, 3.63) is 12.2 Å². The van der Waals surface area contributed by atoms with E-state index in [0.29, 0.717) is 6.17 Å². The molecular weight excluding hydrogens is 294 g/mol. The molecule has 0 aromatic rings. The first kappa shape index (κ1) is 21.4. The molecule has 1 rings (SSSR count). The molecule has 0 aromatic carbocycles. The summed E-state index contributed by atoms with van der Waals surface area (Å²) in [5, 5.41) is 0. The molecule has 1 heterocycles. The fourth-order valence-corrected chi connectivity index (χ4v) is 3.44. The predicted octanol–water partition coefficient (Wildman–Crippen LogP) is 5.65. The Bertz CT molecular complexity index is 336. The van der Waals surface area contributed by atoms with Crippen LogP contribution >= 0.6 is 0 Å². The molecule has 0 radical (unpaired) electrons. The lowest BCUT2D eigenvalue weighted by molar-refractivity contribution is 0.182. The maximum absolute atomic E-state index is 5.98. The van der Waals surface area contributed by atoms with Crippen molar-refractivity contribution < 1.29 is 0 Å². The number of unbranched alkanes of at least 4 members (excludes halogenated alkanes) is 10. The van der Waals surface area contributed by atoms with Gasteiger partial charge in [-0.05, 0) is 39.0 Å². The Morgan fingerprint density at radius 3 is 2.17 bits per heavy atom. The van der Waals surface area contributed by atoms with Crippen molar-refractivity contribution >= 4 is 6.21 Å². The Labute approximate surface area is 150 Å². The van der Waals surface area contributed by atoms with Crippen LogP contribution in [0.15, 0.2) is 17.1 Å². The zero-order valence-electron chi connectivity index (χ0n) is 16.3. The maximum Gasteiger partial charge on any atom is 0.103 e. The highest BCUT2D eigenvalue weighted by atomic mass is 15.3. The minimum atomic E-state index is 0.125. The van der Waals surface area contributed by atoms with E-state index < -0.39 is 0 Å². The Morgan fingerprint density at radius 1 is 1.00 bits per heavy atom. The number of rotatable bonds is 15. The second kappa shape index (κ2) is 14.7. The maximum atomic E-state index is 5.98. The Balaban J connectivity index is 1.81. The SMILES string of the molecule is CC/C=C/CCCCCCCCCCCCC1N=CCN1C(C)N. The molecule has 0 fully saturated rings. The van der Waals surface area contributed by atoms with E-state index in [-0.39, 0.29) is 6.17 Å². The van der Waals surface area contributed by atoms with E-state index >= 15 is 0 Å². The fraction of sp³-hybridized carbons (Fsp3) is 0.857. The van der Waals surface area contributed by atoms with E-state index in [1.54, 1.807) is 0 Å². The molecule has 0 amide bonds. The van der Waals surface area contributed by atoms with Gasteiger partial charge in [-0.2, -0.15) is 0 Å². The average molecular weight is 336 g/mol. The second-order valence-electron chi connectivity index (χ2n) is 7.24. The molecule has 24 heavy (non-hydrogen) atoms. The number of allylic oxidation sites excluding steroid dienone is 2. The van der Waals surface area contributed by atoms with Gasteiger partial charge in [0.05, 0.1) is 6.17 Å². The van der Waals surface area contributed by atoms with Gasteiger partial charge >= 0.3 is 0 Å². The van der Waals surface area contributed by atoms with Crippen LogP contribution in [0.25, 0.3) is 0 Å². The van der Waals surface area contributed by atoms with E-state index in [4.69, 9.17) is 5.73 Å². The largest absolute Gasteiger partial charge is 0.316 e. The van der Waals surface area contributed by atoms with Gasteiger partial charge in [-0.3, -0.25) is 9.89 Å². The van der Waals surface area contributed by atoms with Crippen molar-refractivity contribution in [3.8, 4) is 0 Å². The van der Waals surface area contributed by atoms with Gasteiger partial charge in [0.15, 0.2) is 0 Å². The summed E-state index contributed by atoms with van der Waals surface area (Å²) in [4.78, 5) is 6.84. The van der Waals surface area contributed by atoms with Crippen molar-refractivity contribution in [2.24, 2.45) is 10.7 Å². The van der Waals surface area contributed by atoms with Crippen molar-refractivity contribution in [3.63, 3.8) is 0 Å². The Hall–Kier alpha value is -0.670. The number of aliphatic imine (C=N–C) groups is 1. The van der Waals surface area contributed by atoms with E-state index in [9.17, 15) is 0 Å². The van der Waals surface area contributed by atoms with E-state index in [1.807, 2.05) is 6.21 Å². The second-order valence-corrected chi connectivity index (χ2v) is 7.24. The number of hydrogen-bond acceptors (Lipinski definition) is 3. The number of hydrogen-bond donors (Lipinski definition) is 1. The molecule has 1 aliphatic rings. The van der Waals surface area contributed by atoms with E-state index in [1.165, 1.54) is 83.5 Å². The highest BCUT2D eigenvalue weighted by Crippen LogP contribution is 2.17. The van der Waals surface area contributed by atoms with Gasteiger partial charge in [0.1, 0.15) is 6.17 Å². The molecule has 0 saturated carbocycles. The normalized spacial score (nSPS) is 19.5. The average Bonchev–Trinajstić information content (AvgIpc) is 3.04. The summed E-state index contributed by atoms with van der Waals surface area (Å²) in [5.74, 6) is 0. The van der Waals surface area contributed by atoms with Crippen LogP contribution < -0.4 is 5.73 Å². The van der Waals surface area contributed by atoms with Crippen LogP contribution in [0, 0.1) is 0 Å². The number of nitrogens with zero attached hydrogens (tertiary/aromatic N) is 2. The van der Waals surface area contributed by atoms with E-state index in [0.717, 1.165) is 6.54 Å². The molecule has 3 heteroatoms. The predicted molar refractivity (Wildman–Crippen MR) is 107 cm³/mol. The molecule has 0 aliphatic carbocycles. The summed E-state index contributed by atoms with van der Waals surface area (Å²) in [7, 11) is 0. The van der Waals surface area contributed by atoms with Gasteiger partial charge in [0.25, 0.3) is 0 Å². The summed E-state index contributed by atoms with van der Waals surface area (Å²) < 4.78 is 0. The summed E-state index contributed by atoms with van der Waals surface area (Å²) in [5.41, 5.74) is 5.98. The summed E-state index contributed by atoms with van der Waals surface area (Å²) in [6, 6.07) is 0. The van der Waals surface area contributed by atoms with Crippen molar-refractivity contribution in [2.75, 3.05) is 6.54 Å². The van der Waals surface area contributed by atoms with Gasteiger partial charge < -0.3 is 5.73 Å². The molecule has 3 nitrogen and oxygen atoms in total. The third kappa shape index (κ3) is 10.2. The molecular formula is C21H41N3. The van der Waals surface area contributed by atoms with Crippen LogP contribution in [0.2, 0.25) is 0 Å². The van der Waals surface area contributed by atoms with Crippen LogP contribution in [0.4, 0.5) is 0 Å². The van der Waals surface area contributed by atoms with Gasteiger partial charge in [-0.15, -0.1) is 0 Å². The van der Waals surface area contributed by atoms with Crippen LogP contribution in [-0.2, 0) is 0 Å². The van der Waals surface area contributed by atoms with Crippen LogP contribution in [-0.4, -0.2) is 30.0 Å². The molecule has 2 N–H and O–H groups in total. The summed E-state index contributed by atoms with van der Waals surface area (Å²) in [6.07, 6.45) is 24.7. The van der Waals surface area contributed by atoms with Gasteiger partial charge in [0.2, 0.25) is 0 Å². The number of nitrogens with two attached hydrogens (primary N) is 1. The first-order valence-corrected chi connectivity index (χ1v) is 10.4. The first-order valence-electron chi connectivity index (χ1n) is 10.4. The molecule has 2 atom stereocenters. The van der Waals surface area contributed by atoms with E-state index in [2.05, 4.69) is 35.9 Å². The Kier molecular flexibility index (Phi) is 13.1. The first-order chi connectivity index (χ1) is 11.8. The molecule has 0 spiro atoms. The molecule has 1 aliphatic heterocycles. The topological polar surface area (TPSA) is 41.6 Å². The lowest BCUT2D eigenvalue weighted by Crippen LogP contribution is -2.43. The van der Waals surface area contributed by atoms with Gasteiger partial charge in [-0.1, -0.05) is 70.4 Å². The molecule has 0 bridgehead atoms. The quantitative estimate of drug-likeness (QED) is 0.310. The monoisotopic (exact) mass is 335 g/mol. The minimum absolute atomic E-state index is 0.125. The molecule has 0 saturated heterocycles. The molecule has 2 unspecified atom stereocenters. The highest BCUT2D eigenvalue weighted by Gasteiger charge is 2.22. The van der Waals surface area contributed by atoms with Gasteiger partial charge in [-0.25, -0.2) is 0 Å². The zero-order chi connectivity index (χ0) is 17.5. The zero-order valence-corrected chi connectivity index (χ0v) is 16.3. The van der Waals surface area contributed by atoms with Crippen molar-refractivity contribution in [1.82, 2.24) is 4.90 Å². The smallest absolute Gasteiger partial charge is 0.103 e.